The molecular weight excluding hydrogens is 632 g/mol. The SMILES string of the molecule is CC(=O)OC1CC(C)(C)N(OC(=O)CN(CCN(CC(=O)O)CC(=O)ON2C(C)(C)CC(OC(C)=O)CC2(C)C)CC(=O)O)C(C)(C)C1. The van der Waals surface area contributed by atoms with E-state index in [0.29, 0.717) is 25.7 Å². The number of hydrogen-bond acceptors (Lipinski definition) is 14. The van der Waals surface area contributed by atoms with Gasteiger partial charge < -0.3 is 29.4 Å². The van der Waals surface area contributed by atoms with E-state index < -0.39 is 84.2 Å². The fourth-order valence-electron chi connectivity index (χ4n) is 7.19. The maximum absolute atomic E-state index is 13.2. The zero-order valence-corrected chi connectivity index (χ0v) is 30.0. The molecule has 0 spiro atoms. The summed E-state index contributed by atoms with van der Waals surface area (Å²) in [7, 11) is 0. The van der Waals surface area contributed by atoms with Crippen LogP contribution in [0.5, 0.6) is 0 Å². The molecule has 0 aromatic heterocycles. The second-order valence-corrected chi connectivity index (χ2v) is 15.3. The molecule has 0 aliphatic carbocycles. The van der Waals surface area contributed by atoms with E-state index in [-0.39, 0.29) is 25.3 Å². The van der Waals surface area contributed by atoms with Gasteiger partial charge in [-0.15, -0.1) is 10.1 Å². The minimum atomic E-state index is -1.21. The number of carboxylic acid groups (broad SMARTS) is 2. The number of piperidine rings is 2. The lowest BCUT2D eigenvalue weighted by molar-refractivity contribution is -0.278. The molecule has 2 aliphatic heterocycles. The van der Waals surface area contributed by atoms with Crippen molar-refractivity contribution >= 4 is 35.8 Å². The summed E-state index contributed by atoms with van der Waals surface area (Å²) in [4.78, 5) is 86.9. The van der Waals surface area contributed by atoms with Crippen LogP contribution in [0.4, 0.5) is 0 Å². The molecule has 0 radical (unpaired) electrons. The number of carboxylic acids is 2. The van der Waals surface area contributed by atoms with Crippen LogP contribution in [0, 0.1) is 0 Å². The van der Waals surface area contributed by atoms with Gasteiger partial charge in [0.2, 0.25) is 0 Å². The third-order valence-electron chi connectivity index (χ3n) is 8.32. The Morgan fingerprint density at radius 2 is 0.833 bits per heavy atom. The molecule has 16 nitrogen and oxygen atoms in total. The van der Waals surface area contributed by atoms with E-state index in [1.165, 1.54) is 23.6 Å². The Morgan fingerprint density at radius 1 is 0.562 bits per heavy atom. The average Bonchev–Trinajstić information content (AvgIpc) is 2.84. The molecule has 0 bridgehead atoms. The third-order valence-corrected chi connectivity index (χ3v) is 8.32. The van der Waals surface area contributed by atoms with E-state index in [0.717, 1.165) is 0 Å². The zero-order chi connectivity index (χ0) is 36.8. The predicted molar refractivity (Wildman–Crippen MR) is 170 cm³/mol. The van der Waals surface area contributed by atoms with Crippen molar-refractivity contribution in [2.45, 2.75) is 129 Å². The van der Waals surface area contributed by atoms with E-state index >= 15 is 0 Å². The fourth-order valence-corrected chi connectivity index (χ4v) is 7.19. The van der Waals surface area contributed by atoms with Crippen LogP contribution in [0.25, 0.3) is 0 Å². The number of hydrogen-bond donors (Lipinski definition) is 2. The van der Waals surface area contributed by atoms with Gasteiger partial charge in [0.25, 0.3) is 0 Å². The molecule has 2 aliphatic rings. The summed E-state index contributed by atoms with van der Waals surface area (Å²) in [5.74, 6) is -4.68. The van der Waals surface area contributed by atoms with Crippen LogP contribution < -0.4 is 0 Å². The van der Waals surface area contributed by atoms with Gasteiger partial charge in [0.15, 0.2) is 0 Å². The summed E-state index contributed by atoms with van der Waals surface area (Å²) in [5.41, 5.74) is -2.86. The first-order valence-corrected chi connectivity index (χ1v) is 16.1. The third kappa shape index (κ3) is 12.3. The van der Waals surface area contributed by atoms with Crippen molar-refractivity contribution < 1.29 is 58.1 Å². The van der Waals surface area contributed by atoms with Crippen LogP contribution >= 0.6 is 0 Å². The number of hydroxylamine groups is 4. The molecule has 16 heteroatoms. The van der Waals surface area contributed by atoms with Crippen molar-refractivity contribution in [1.29, 1.82) is 0 Å². The van der Waals surface area contributed by atoms with Crippen LogP contribution in [0.2, 0.25) is 0 Å². The first-order chi connectivity index (χ1) is 21.8. The van der Waals surface area contributed by atoms with Crippen LogP contribution in [0.1, 0.15) is 94.9 Å². The Balaban J connectivity index is 2.10. The van der Waals surface area contributed by atoms with Crippen LogP contribution in [0.3, 0.4) is 0 Å². The standard InChI is InChI=1S/C32H54N4O12/c1-21(37)45-23-13-29(3,4)35(30(5,6)14-23)47-27(43)19-33(17-25(39)40)11-12-34(18-26(41)42)20-28(44)48-36-31(7,8)15-24(46-22(2)38)16-32(36,9)10/h23-24H,11-20H2,1-10H3,(H,39,40)(H,41,42). The topological polar surface area (TPSA) is 193 Å². The summed E-state index contributed by atoms with van der Waals surface area (Å²) in [6.45, 7) is 15.4. The van der Waals surface area contributed by atoms with Gasteiger partial charge >= 0.3 is 35.8 Å². The summed E-state index contributed by atoms with van der Waals surface area (Å²) >= 11 is 0. The predicted octanol–water partition coefficient (Wildman–Crippen LogP) is 1.85. The lowest BCUT2D eigenvalue weighted by Gasteiger charge is -2.52. The van der Waals surface area contributed by atoms with Crippen molar-refractivity contribution in [3.63, 3.8) is 0 Å². The van der Waals surface area contributed by atoms with Crippen molar-refractivity contribution in [2.75, 3.05) is 39.3 Å². The molecule has 0 amide bonds. The fraction of sp³-hybridized carbons (Fsp3) is 0.812. The van der Waals surface area contributed by atoms with Crippen LogP contribution in [0.15, 0.2) is 0 Å². The lowest BCUT2D eigenvalue weighted by atomic mass is 9.80. The average molecular weight is 687 g/mol. The van der Waals surface area contributed by atoms with E-state index in [9.17, 15) is 39.0 Å². The molecule has 274 valence electrons. The molecule has 2 N–H and O–H groups in total. The highest BCUT2D eigenvalue weighted by Crippen LogP contribution is 2.41. The molecule has 2 saturated heterocycles. The van der Waals surface area contributed by atoms with E-state index in [2.05, 4.69) is 0 Å². The van der Waals surface area contributed by atoms with Gasteiger partial charge in [0, 0.05) is 52.6 Å². The largest absolute Gasteiger partial charge is 0.480 e. The molecule has 2 fully saturated rings. The van der Waals surface area contributed by atoms with E-state index in [1.54, 1.807) is 10.1 Å². The summed E-state index contributed by atoms with van der Waals surface area (Å²) in [6.07, 6.45) is 0.870. The second kappa shape index (κ2) is 15.9. The first kappa shape index (κ1) is 40.8. The molecule has 48 heavy (non-hydrogen) atoms. The van der Waals surface area contributed by atoms with Crippen LogP contribution in [-0.4, -0.2) is 140 Å². The van der Waals surface area contributed by atoms with Gasteiger partial charge in [-0.1, -0.05) is 0 Å². The number of nitrogens with zero attached hydrogens (tertiary/aromatic N) is 4. The van der Waals surface area contributed by atoms with Gasteiger partial charge in [-0.25, -0.2) is 9.59 Å². The molecule has 0 aromatic carbocycles. The van der Waals surface area contributed by atoms with E-state index in [1.807, 2.05) is 55.4 Å². The highest BCUT2D eigenvalue weighted by molar-refractivity contribution is 5.75. The number of ether oxygens (including phenoxy) is 2. The van der Waals surface area contributed by atoms with Gasteiger partial charge in [-0.3, -0.25) is 29.0 Å². The Bertz CT molecular complexity index is 1090. The lowest BCUT2D eigenvalue weighted by Crippen LogP contribution is -2.63. The number of aliphatic carboxylic acids is 2. The number of rotatable bonds is 15. The molecule has 0 atom stereocenters. The van der Waals surface area contributed by atoms with Gasteiger partial charge in [-0.2, -0.15) is 0 Å². The molecular formula is C32H54N4O12. The quantitative estimate of drug-likeness (QED) is 0.237. The van der Waals surface area contributed by atoms with Crippen molar-refractivity contribution in [1.82, 2.24) is 19.9 Å². The van der Waals surface area contributed by atoms with Crippen LogP contribution in [-0.2, 0) is 47.9 Å². The number of esters is 2. The monoisotopic (exact) mass is 686 g/mol. The molecule has 0 unspecified atom stereocenters. The maximum atomic E-state index is 13.2. The van der Waals surface area contributed by atoms with Gasteiger partial charge in [0.05, 0.1) is 48.3 Å². The van der Waals surface area contributed by atoms with Crippen molar-refractivity contribution in [3.8, 4) is 0 Å². The molecule has 0 aromatic rings. The molecule has 2 rings (SSSR count). The minimum absolute atomic E-state index is 0.0754. The highest BCUT2D eigenvalue weighted by atomic mass is 16.7. The molecule has 0 saturated carbocycles. The van der Waals surface area contributed by atoms with Gasteiger partial charge in [-0.05, 0) is 55.4 Å². The van der Waals surface area contributed by atoms with Gasteiger partial charge in [0.1, 0.15) is 12.2 Å². The Kier molecular flexibility index (Phi) is 13.5. The van der Waals surface area contributed by atoms with Crippen molar-refractivity contribution in [3.05, 3.63) is 0 Å². The Hall–Kier alpha value is -3.34. The Labute approximate surface area is 282 Å². The number of carbonyl (C=O) groups is 6. The Morgan fingerprint density at radius 3 is 1.06 bits per heavy atom. The highest BCUT2D eigenvalue weighted by Gasteiger charge is 2.50. The zero-order valence-electron chi connectivity index (χ0n) is 30.0. The smallest absolute Gasteiger partial charge is 0.339 e. The number of carbonyl (C=O) groups excluding carboxylic acids is 4. The minimum Gasteiger partial charge on any atom is -0.480 e. The maximum Gasteiger partial charge on any atom is 0.339 e. The normalized spacial score (nSPS) is 21.0. The summed E-state index contributed by atoms with van der Waals surface area (Å²) in [6, 6.07) is 0. The molecule has 2 heterocycles. The summed E-state index contributed by atoms with van der Waals surface area (Å²) in [5, 5.41) is 22.2. The first-order valence-electron chi connectivity index (χ1n) is 16.1. The van der Waals surface area contributed by atoms with Crippen molar-refractivity contribution in [2.24, 2.45) is 0 Å². The van der Waals surface area contributed by atoms with E-state index in [4.69, 9.17) is 19.1 Å². The summed E-state index contributed by atoms with van der Waals surface area (Å²) < 4.78 is 10.9. The second-order valence-electron chi connectivity index (χ2n) is 15.3.